The first-order chi connectivity index (χ1) is 9.87. The molecule has 2 nitrogen and oxygen atoms in total. The summed E-state index contributed by atoms with van der Waals surface area (Å²) in [5.74, 6) is 0. The molecule has 0 aliphatic rings. The van der Waals surface area contributed by atoms with Crippen LogP contribution in [0.5, 0.6) is 0 Å². The second-order valence-corrected chi connectivity index (χ2v) is 4.61. The van der Waals surface area contributed by atoms with E-state index in [1.54, 1.807) is 12.1 Å². The Morgan fingerprint density at radius 2 is 1.62 bits per heavy atom. The van der Waals surface area contributed by atoms with Gasteiger partial charge in [0.25, 0.3) is 0 Å². The predicted molar refractivity (Wildman–Crippen MR) is 76.0 cm³/mol. The van der Waals surface area contributed by atoms with E-state index < -0.39 is 6.36 Å². The summed E-state index contributed by atoms with van der Waals surface area (Å²) in [6, 6.07) is 15.1. The normalized spacial score (nSPS) is 12.3. The van der Waals surface area contributed by atoms with Gasteiger partial charge in [0.15, 0.2) is 0 Å². The Bertz CT molecular complexity index is 645. The third-order valence-electron chi connectivity index (χ3n) is 3.04. The van der Waals surface area contributed by atoms with E-state index in [9.17, 15) is 13.2 Å². The lowest BCUT2D eigenvalue weighted by atomic mass is 9.99. The zero-order chi connectivity index (χ0) is 15.5. The molecule has 5 heteroatoms. The first-order valence-electron chi connectivity index (χ1n) is 6.33. The Hall–Kier alpha value is -2.30. The quantitative estimate of drug-likeness (QED) is 0.581. The van der Waals surface area contributed by atoms with E-state index in [-0.39, 0.29) is 5.71 Å². The summed E-state index contributed by atoms with van der Waals surface area (Å²) in [6.45, 7) is 3.47. The highest BCUT2D eigenvalue weighted by Gasteiger charge is 2.31. The molecule has 2 rings (SSSR count). The lowest BCUT2D eigenvalue weighted by Crippen LogP contribution is -2.10. The fourth-order valence-corrected chi connectivity index (χ4v) is 1.96. The van der Waals surface area contributed by atoms with Gasteiger partial charge >= 0.3 is 6.36 Å². The van der Waals surface area contributed by atoms with Gasteiger partial charge in [0.05, 0.1) is 5.71 Å². The van der Waals surface area contributed by atoms with Crippen LogP contribution in [0.3, 0.4) is 0 Å². The molecule has 0 N–H and O–H groups in total. The smallest absolute Gasteiger partial charge is 0.294 e. The van der Waals surface area contributed by atoms with Crippen molar-refractivity contribution in [1.82, 2.24) is 0 Å². The Balaban J connectivity index is 2.22. The van der Waals surface area contributed by atoms with Crippen LogP contribution >= 0.6 is 0 Å². The van der Waals surface area contributed by atoms with Crippen LogP contribution in [-0.4, -0.2) is 12.1 Å². The maximum Gasteiger partial charge on any atom is 0.593 e. The second-order valence-electron chi connectivity index (χ2n) is 4.61. The number of hydrogen-bond donors (Lipinski definition) is 0. The molecule has 21 heavy (non-hydrogen) atoms. The summed E-state index contributed by atoms with van der Waals surface area (Å²) in [7, 11) is 0. The second kappa shape index (κ2) is 5.99. The molecule has 0 amide bonds. The largest absolute Gasteiger partial charge is 0.593 e. The van der Waals surface area contributed by atoms with Gasteiger partial charge in [-0.15, -0.1) is 13.2 Å². The Kier molecular flexibility index (Phi) is 4.31. The van der Waals surface area contributed by atoms with Crippen LogP contribution < -0.4 is 0 Å². The van der Waals surface area contributed by atoms with Gasteiger partial charge in [-0.25, -0.2) is 0 Å². The molecule has 0 aromatic heterocycles. The highest BCUT2D eigenvalue weighted by molar-refractivity contribution is 5.98. The SMILES string of the molecule is C/C(=N\OC(F)(F)F)c1ccc(-c2ccccc2C)cc1. The summed E-state index contributed by atoms with van der Waals surface area (Å²) in [6.07, 6.45) is -4.76. The summed E-state index contributed by atoms with van der Waals surface area (Å²) in [4.78, 5) is 3.47. The number of rotatable bonds is 3. The molecule has 0 saturated heterocycles. The zero-order valence-electron chi connectivity index (χ0n) is 11.6. The third-order valence-corrected chi connectivity index (χ3v) is 3.04. The number of hydrogen-bond acceptors (Lipinski definition) is 2. The maximum absolute atomic E-state index is 11.9. The Labute approximate surface area is 120 Å². The van der Waals surface area contributed by atoms with Gasteiger partial charge in [-0.05, 0) is 36.1 Å². The Morgan fingerprint density at radius 1 is 1.00 bits per heavy atom. The van der Waals surface area contributed by atoms with Crippen molar-refractivity contribution in [3.8, 4) is 11.1 Å². The van der Waals surface area contributed by atoms with Crippen molar-refractivity contribution in [3.63, 3.8) is 0 Å². The Morgan fingerprint density at radius 3 is 2.19 bits per heavy atom. The number of oxime groups is 1. The lowest BCUT2D eigenvalue weighted by molar-refractivity contribution is -0.325. The molecule has 0 aliphatic carbocycles. The van der Waals surface area contributed by atoms with Crippen LogP contribution in [0, 0.1) is 6.92 Å². The standard InChI is InChI=1S/C16H14F3NO/c1-11-5-3-4-6-15(11)14-9-7-13(8-10-14)12(2)20-21-16(17,18)19/h3-10H,1-2H3/b20-12+. The molecule has 0 spiro atoms. The molecule has 2 aromatic rings. The van der Waals surface area contributed by atoms with Crippen LogP contribution in [0.2, 0.25) is 0 Å². The molecule has 0 heterocycles. The van der Waals surface area contributed by atoms with Crippen molar-refractivity contribution < 1.29 is 18.0 Å². The molecule has 0 bridgehead atoms. The number of aryl methyl sites for hydroxylation is 1. The molecule has 0 radical (unpaired) electrons. The average Bonchev–Trinajstić information content (AvgIpc) is 2.45. The highest BCUT2D eigenvalue weighted by atomic mass is 19.4. The minimum atomic E-state index is -4.76. The van der Waals surface area contributed by atoms with Crippen molar-refractivity contribution in [2.75, 3.05) is 0 Å². The molecule has 110 valence electrons. The van der Waals surface area contributed by atoms with Crippen molar-refractivity contribution in [2.45, 2.75) is 20.2 Å². The van der Waals surface area contributed by atoms with Gasteiger partial charge in [0.1, 0.15) is 0 Å². The van der Waals surface area contributed by atoms with Gasteiger partial charge in [-0.3, -0.25) is 4.84 Å². The molecular formula is C16H14F3NO. The minimum absolute atomic E-state index is 0.170. The molecule has 0 saturated carbocycles. The monoisotopic (exact) mass is 293 g/mol. The summed E-state index contributed by atoms with van der Waals surface area (Å²) >= 11 is 0. The maximum atomic E-state index is 11.9. The molecule has 2 aromatic carbocycles. The van der Waals surface area contributed by atoms with E-state index in [1.807, 2.05) is 43.3 Å². The van der Waals surface area contributed by atoms with Crippen LogP contribution in [-0.2, 0) is 4.84 Å². The van der Waals surface area contributed by atoms with Crippen LogP contribution in [0.1, 0.15) is 18.1 Å². The highest BCUT2D eigenvalue weighted by Crippen LogP contribution is 2.23. The van der Waals surface area contributed by atoms with Crippen LogP contribution in [0.15, 0.2) is 53.7 Å². The minimum Gasteiger partial charge on any atom is -0.294 e. The van der Waals surface area contributed by atoms with E-state index in [0.29, 0.717) is 5.56 Å². The summed E-state index contributed by atoms with van der Waals surface area (Å²) in [5.41, 5.74) is 3.97. The van der Waals surface area contributed by atoms with E-state index in [1.165, 1.54) is 6.92 Å². The molecule has 0 fully saturated rings. The van der Waals surface area contributed by atoms with Crippen molar-refractivity contribution >= 4 is 5.71 Å². The number of halogens is 3. The zero-order valence-corrected chi connectivity index (χ0v) is 11.6. The average molecular weight is 293 g/mol. The topological polar surface area (TPSA) is 21.6 Å². The predicted octanol–water partition coefficient (Wildman–Crippen LogP) is 4.92. The fraction of sp³-hybridized carbons (Fsp3) is 0.188. The van der Waals surface area contributed by atoms with Gasteiger partial charge < -0.3 is 0 Å². The van der Waals surface area contributed by atoms with Crippen molar-refractivity contribution in [2.24, 2.45) is 5.16 Å². The van der Waals surface area contributed by atoms with E-state index in [4.69, 9.17) is 0 Å². The van der Waals surface area contributed by atoms with Crippen LogP contribution in [0.25, 0.3) is 11.1 Å². The number of alkyl halides is 3. The van der Waals surface area contributed by atoms with Crippen LogP contribution in [0.4, 0.5) is 13.2 Å². The van der Waals surface area contributed by atoms with Crippen molar-refractivity contribution in [1.29, 1.82) is 0 Å². The van der Waals surface area contributed by atoms with E-state index >= 15 is 0 Å². The molecule has 0 unspecified atom stereocenters. The molecular weight excluding hydrogens is 279 g/mol. The first-order valence-corrected chi connectivity index (χ1v) is 6.33. The third kappa shape index (κ3) is 4.08. The summed E-state index contributed by atoms with van der Waals surface area (Å²) < 4.78 is 35.8. The fourth-order valence-electron chi connectivity index (χ4n) is 1.96. The van der Waals surface area contributed by atoms with Gasteiger partial charge in [-0.2, -0.15) is 0 Å². The number of benzene rings is 2. The van der Waals surface area contributed by atoms with Crippen molar-refractivity contribution in [3.05, 3.63) is 59.7 Å². The molecule has 0 aliphatic heterocycles. The van der Waals surface area contributed by atoms with Gasteiger partial charge in [0.2, 0.25) is 0 Å². The molecule has 0 atom stereocenters. The van der Waals surface area contributed by atoms with E-state index in [0.717, 1.165) is 16.7 Å². The van der Waals surface area contributed by atoms with Gasteiger partial charge in [-0.1, -0.05) is 53.7 Å². The lowest BCUT2D eigenvalue weighted by Gasteiger charge is -2.07. The van der Waals surface area contributed by atoms with Gasteiger partial charge in [0, 0.05) is 0 Å². The number of nitrogens with zero attached hydrogens (tertiary/aromatic N) is 1. The van der Waals surface area contributed by atoms with E-state index in [2.05, 4.69) is 9.99 Å². The summed E-state index contributed by atoms with van der Waals surface area (Å²) in [5, 5.41) is 3.08. The first kappa shape index (κ1) is 15.1.